The second-order valence-corrected chi connectivity index (χ2v) is 4.09. The predicted molar refractivity (Wildman–Crippen MR) is 56.8 cm³/mol. The molecule has 2 aromatic rings. The fourth-order valence-electron chi connectivity index (χ4n) is 1.06. The molecule has 2 rings (SSSR count). The first-order chi connectivity index (χ1) is 6.34. The van der Waals surface area contributed by atoms with E-state index in [9.17, 15) is 0 Å². The van der Waals surface area contributed by atoms with Crippen LogP contribution >= 0.6 is 22.9 Å². The summed E-state index contributed by atoms with van der Waals surface area (Å²) in [5.74, 6) is 0. The SMILES string of the molecule is Clc1csc(CNn2cccc2)c1. The van der Waals surface area contributed by atoms with Gasteiger partial charge in [-0.1, -0.05) is 11.6 Å². The molecule has 0 saturated heterocycles. The molecule has 0 radical (unpaired) electrons. The van der Waals surface area contributed by atoms with Crippen LogP contribution in [0.3, 0.4) is 0 Å². The number of nitrogens with zero attached hydrogens (tertiary/aromatic N) is 1. The maximum atomic E-state index is 5.80. The minimum atomic E-state index is 0.812. The van der Waals surface area contributed by atoms with Crippen LogP contribution in [0.2, 0.25) is 5.02 Å². The molecule has 0 aromatic carbocycles. The lowest BCUT2D eigenvalue weighted by atomic mass is 10.5. The Bertz CT molecular complexity index is 367. The van der Waals surface area contributed by atoms with Gasteiger partial charge in [0.05, 0.1) is 11.6 Å². The highest BCUT2D eigenvalue weighted by Gasteiger charge is 1.96. The van der Waals surface area contributed by atoms with Gasteiger partial charge in [0.1, 0.15) is 0 Å². The summed E-state index contributed by atoms with van der Waals surface area (Å²) >= 11 is 7.46. The van der Waals surface area contributed by atoms with Crippen molar-refractivity contribution in [1.82, 2.24) is 4.68 Å². The van der Waals surface area contributed by atoms with Gasteiger partial charge >= 0.3 is 0 Å². The molecule has 68 valence electrons. The summed E-state index contributed by atoms with van der Waals surface area (Å²) in [6, 6.07) is 5.94. The molecule has 0 unspecified atom stereocenters. The van der Waals surface area contributed by atoms with Gasteiger partial charge in [-0.3, -0.25) is 4.68 Å². The lowest BCUT2D eigenvalue weighted by Gasteiger charge is -2.04. The molecule has 0 aliphatic rings. The molecule has 0 spiro atoms. The second-order valence-electron chi connectivity index (χ2n) is 2.66. The largest absolute Gasteiger partial charge is 0.321 e. The molecule has 0 aliphatic carbocycles. The van der Waals surface area contributed by atoms with Crippen molar-refractivity contribution in [2.75, 3.05) is 5.43 Å². The Balaban J connectivity index is 1.93. The van der Waals surface area contributed by atoms with E-state index in [0.717, 1.165) is 11.6 Å². The van der Waals surface area contributed by atoms with Crippen LogP contribution in [0.25, 0.3) is 0 Å². The first-order valence-corrected chi connectivity index (χ1v) is 5.20. The van der Waals surface area contributed by atoms with Gasteiger partial charge in [0.15, 0.2) is 0 Å². The summed E-state index contributed by atoms with van der Waals surface area (Å²) < 4.78 is 1.92. The van der Waals surface area contributed by atoms with Crippen molar-refractivity contribution in [2.45, 2.75) is 6.54 Å². The molecule has 2 heterocycles. The van der Waals surface area contributed by atoms with Gasteiger partial charge in [-0.05, 0) is 18.2 Å². The normalized spacial score (nSPS) is 10.2. The van der Waals surface area contributed by atoms with E-state index < -0.39 is 0 Å². The van der Waals surface area contributed by atoms with Crippen LogP contribution in [-0.2, 0) is 6.54 Å². The predicted octanol–water partition coefficient (Wildman–Crippen LogP) is 2.95. The van der Waals surface area contributed by atoms with E-state index in [-0.39, 0.29) is 0 Å². The first-order valence-electron chi connectivity index (χ1n) is 3.94. The van der Waals surface area contributed by atoms with Crippen molar-refractivity contribution in [3.05, 3.63) is 45.9 Å². The molecular weight excluding hydrogens is 204 g/mol. The quantitative estimate of drug-likeness (QED) is 0.828. The van der Waals surface area contributed by atoms with Gasteiger partial charge in [-0.2, -0.15) is 0 Å². The molecule has 0 atom stereocenters. The van der Waals surface area contributed by atoms with Crippen molar-refractivity contribution < 1.29 is 0 Å². The van der Waals surface area contributed by atoms with E-state index in [1.165, 1.54) is 4.88 Å². The van der Waals surface area contributed by atoms with E-state index in [0.29, 0.717) is 0 Å². The molecule has 0 bridgehead atoms. The van der Waals surface area contributed by atoms with Crippen molar-refractivity contribution in [1.29, 1.82) is 0 Å². The highest BCUT2D eigenvalue weighted by molar-refractivity contribution is 7.10. The fraction of sp³-hybridized carbons (Fsp3) is 0.111. The van der Waals surface area contributed by atoms with E-state index >= 15 is 0 Å². The zero-order valence-electron chi connectivity index (χ0n) is 6.90. The Morgan fingerprint density at radius 2 is 2.15 bits per heavy atom. The third kappa shape index (κ3) is 2.26. The topological polar surface area (TPSA) is 17.0 Å². The lowest BCUT2D eigenvalue weighted by Crippen LogP contribution is -2.10. The summed E-state index contributed by atoms with van der Waals surface area (Å²) in [5.41, 5.74) is 3.22. The summed E-state index contributed by atoms with van der Waals surface area (Å²) in [7, 11) is 0. The van der Waals surface area contributed by atoms with Gasteiger partial charge in [-0.25, -0.2) is 0 Å². The van der Waals surface area contributed by atoms with Crippen molar-refractivity contribution in [2.24, 2.45) is 0 Å². The number of rotatable bonds is 3. The van der Waals surface area contributed by atoms with Crippen molar-refractivity contribution >= 4 is 22.9 Å². The minimum absolute atomic E-state index is 0.812. The van der Waals surface area contributed by atoms with E-state index in [2.05, 4.69) is 5.43 Å². The van der Waals surface area contributed by atoms with Crippen LogP contribution in [0.4, 0.5) is 0 Å². The lowest BCUT2D eigenvalue weighted by molar-refractivity contribution is 0.855. The number of aromatic nitrogens is 1. The van der Waals surface area contributed by atoms with E-state index in [4.69, 9.17) is 11.6 Å². The maximum absolute atomic E-state index is 5.80. The zero-order valence-corrected chi connectivity index (χ0v) is 8.48. The third-order valence-electron chi connectivity index (χ3n) is 1.66. The van der Waals surface area contributed by atoms with Crippen LogP contribution in [0.1, 0.15) is 4.88 Å². The molecule has 13 heavy (non-hydrogen) atoms. The summed E-state index contributed by atoms with van der Waals surface area (Å²) in [6.45, 7) is 0.812. The molecule has 2 aromatic heterocycles. The Kier molecular flexibility index (Phi) is 2.57. The van der Waals surface area contributed by atoms with Crippen molar-refractivity contribution in [3.63, 3.8) is 0 Å². The smallest absolute Gasteiger partial charge is 0.0657 e. The molecule has 2 nitrogen and oxygen atoms in total. The number of halogens is 1. The molecule has 4 heteroatoms. The first kappa shape index (κ1) is 8.66. The molecule has 0 aliphatic heterocycles. The van der Waals surface area contributed by atoms with Gasteiger partial charge < -0.3 is 5.43 Å². The van der Waals surface area contributed by atoms with Gasteiger partial charge in [0.2, 0.25) is 0 Å². The van der Waals surface area contributed by atoms with Crippen LogP contribution in [0.15, 0.2) is 36.0 Å². The Morgan fingerprint density at radius 3 is 2.77 bits per heavy atom. The van der Waals surface area contributed by atoms with E-state index in [1.54, 1.807) is 11.3 Å². The zero-order chi connectivity index (χ0) is 9.10. The summed E-state index contributed by atoms with van der Waals surface area (Å²) in [5, 5.41) is 2.75. The van der Waals surface area contributed by atoms with Gasteiger partial charge in [-0.15, -0.1) is 11.3 Å². The third-order valence-corrected chi connectivity index (χ3v) is 2.95. The standard InChI is InChI=1S/C9H9ClN2S/c10-8-5-9(13-7-8)6-11-12-3-1-2-4-12/h1-5,7,11H,6H2. The molecule has 0 saturated carbocycles. The molecular formula is C9H9ClN2S. The highest BCUT2D eigenvalue weighted by atomic mass is 35.5. The number of thiophene rings is 1. The number of nitrogens with one attached hydrogen (secondary N) is 1. The average Bonchev–Trinajstić information content (AvgIpc) is 2.71. The van der Waals surface area contributed by atoms with Crippen LogP contribution < -0.4 is 5.43 Å². The maximum Gasteiger partial charge on any atom is 0.0657 e. The minimum Gasteiger partial charge on any atom is -0.321 e. The molecule has 0 amide bonds. The second kappa shape index (κ2) is 3.85. The summed E-state index contributed by atoms with van der Waals surface area (Å²) in [6.07, 6.45) is 3.93. The van der Waals surface area contributed by atoms with E-state index in [1.807, 2.05) is 40.6 Å². The Labute approximate surface area is 85.7 Å². The highest BCUT2D eigenvalue weighted by Crippen LogP contribution is 2.18. The van der Waals surface area contributed by atoms with Gasteiger partial charge in [0, 0.05) is 22.7 Å². The monoisotopic (exact) mass is 212 g/mol. The average molecular weight is 213 g/mol. The van der Waals surface area contributed by atoms with Gasteiger partial charge in [0.25, 0.3) is 0 Å². The Hall–Kier alpha value is -0.930. The summed E-state index contributed by atoms with van der Waals surface area (Å²) in [4.78, 5) is 1.23. The van der Waals surface area contributed by atoms with Crippen molar-refractivity contribution in [3.8, 4) is 0 Å². The molecule has 0 fully saturated rings. The Morgan fingerprint density at radius 1 is 1.38 bits per heavy atom. The fourth-order valence-corrected chi connectivity index (χ4v) is 2.06. The number of hydrogen-bond acceptors (Lipinski definition) is 2. The van der Waals surface area contributed by atoms with Crippen LogP contribution in [-0.4, -0.2) is 4.68 Å². The molecule has 1 N–H and O–H groups in total. The van der Waals surface area contributed by atoms with Crippen LogP contribution in [0.5, 0.6) is 0 Å². The van der Waals surface area contributed by atoms with Crippen LogP contribution in [0, 0.1) is 0 Å². The number of hydrogen-bond donors (Lipinski definition) is 1.